The summed E-state index contributed by atoms with van der Waals surface area (Å²) in [6.07, 6.45) is 0. The number of ether oxygens (including phenoxy) is 1. The lowest BCUT2D eigenvalue weighted by atomic mass is 10.0. The topological polar surface area (TPSA) is 43.4 Å². The minimum atomic E-state index is -0.0611. The third kappa shape index (κ3) is 4.84. The molecule has 3 nitrogen and oxygen atoms in total. The monoisotopic (exact) mass is 534 g/mol. The van der Waals surface area contributed by atoms with E-state index in [-0.39, 0.29) is 11.6 Å². The maximum Gasteiger partial charge on any atom is 0.194 e. The molecule has 0 heterocycles. The molecular formula is C26H16Br2O3. The molecule has 152 valence electrons. The molecule has 0 saturated carbocycles. The number of benzene rings is 4. The van der Waals surface area contributed by atoms with Crippen molar-refractivity contribution < 1.29 is 14.3 Å². The predicted octanol–water partition coefficient (Wildman–Crippen LogP) is 7.47. The van der Waals surface area contributed by atoms with E-state index in [0.717, 1.165) is 8.95 Å². The number of hydrogen-bond acceptors (Lipinski definition) is 3. The average Bonchev–Trinajstić information content (AvgIpc) is 2.80. The number of carbonyl (C=O) groups excluding carboxylic acids is 2. The van der Waals surface area contributed by atoms with Crippen molar-refractivity contribution in [2.75, 3.05) is 0 Å². The van der Waals surface area contributed by atoms with Crippen molar-refractivity contribution in [2.24, 2.45) is 0 Å². The maximum atomic E-state index is 12.7. The molecule has 0 unspecified atom stereocenters. The van der Waals surface area contributed by atoms with Crippen LogP contribution >= 0.6 is 31.9 Å². The SMILES string of the molecule is O=C(c1ccc(Oc2ccc(C(=O)c3ccccc3Br)cc2)cc1)c1ccccc1Br. The zero-order chi connectivity index (χ0) is 21.8. The second-order valence-corrected chi connectivity index (χ2v) is 8.48. The third-order valence-electron chi connectivity index (χ3n) is 4.71. The molecule has 0 aromatic heterocycles. The Morgan fingerprint density at radius 2 is 0.871 bits per heavy atom. The Morgan fingerprint density at radius 1 is 0.516 bits per heavy atom. The number of halogens is 2. The molecule has 0 aliphatic heterocycles. The van der Waals surface area contributed by atoms with Crippen LogP contribution in [-0.4, -0.2) is 11.6 Å². The van der Waals surface area contributed by atoms with Crippen LogP contribution in [0, 0.1) is 0 Å². The second-order valence-electron chi connectivity index (χ2n) is 6.77. The number of rotatable bonds is 6. The van der Waals surface area contributed by atoms with Gasteiger partial charge in [-0.2, -0.15) is 0 Å². The number of hydrogen-bond donors (Lipinski definition) is 0. The molecule has 0 bridgehead atoms. The molecule has 5 heteroatoms. The van der Waals surface area contributed by atoms with Gasteiger partial charge in [-0.25, -0.2) is 0 Å². The zero-order valence-corrected chi connectivity index (χ0v) is 19.4. The Bertz CT molecular complexity index is 1150. The van der Waals surface area contributed by atoms with Crippen LogP contribution in [0.25, 0.3) is 0 Å². The Balaban J connectivity index is 1.46. The first kappa shape index (κ1) is 21.2. The molecule has 0 saturated heterocycles. The van der Waals surface area contributed by atoms with Crippen LogP contribution in [0.2, 0.25) is 0 Å². The lowest BCUT2D eigenvalue weighted by Gasteiger charge is -2.09. The van der Waals surface area contributed by atoms with Gasteiger partial charge in [0.15, 0.2) is 11.6 Å². The minimum absolute atomic E-state index is 0.0611. The van der Waals surface area contributed by atoms with Gasteiger partial charge in [0.25, 0.3) is 0 Å². The van der Waals surface area contributed by atoms with E-state index in [9.17, 15) is 9.59 Å². The molecule has 0 spiro atoms. The van der Waals surface area contributed by atoms with E-state index in [1.54, 1.807) is 60.7 Å². The van der Waals surface area contributed by atoms with Crippen LogP contribution < -0.4 is 4.74 Å². The molecular weight excluding hydrogens is 520 g/mol. The zero-order valence-electron chi connectivity index (χ0n) is 16.2. The highest BCUT2D eigenvalue weighted by Crippen LogP contribution is 2.26. The minimum Gasteiger partial charge on any atom is -0.457 e. The van der Waals surface area contributed by atoms with Crippen molar-refractivity contribution in [3.8, 4) is 11.5 Å². The molecule has 0 aliphatic carbocycles. The van der Waals surface area contributed by atoms with E-state index in [1.807, 2.05) is 36.4 Å². The molecule has 0 radical (unpaired) electrons. The summed E-state index contributed by atoms with van der Waals surface area (Å²) in [5.74, 6) is 1.09. The first-order valence-corrected chi connectivity index (χ1v) is 11.1. The highest BCUT2D eigenvalue weighted by atomic mass is 79.9. The fourth-order valence-electron chi connectivity index (χ4n) is 3.09. The summed E-state index contributed by atoms with van der Waals surface area (Å²) < 4.78 is 7.39. The third-order valence-corrected chi connectivity index (χ3v) is 6.09. The van der Waals surface area contributed by atoms with Gasteiger partial charge in [-0.1, -0.05) is 56.1 Å². The smallest absolute Gasteiger partial charge is 0.194 e. The molecule has 0 aliphatic rings. The Morgan fingerprint density at radius 3 is 1.23 bits per heavy atom. The molecule has 0 fully saturated rings. The first-order chi connectivity index (χ1) is 15.0. The van der Waals surface area contributed by atoms with Gasteiger partial charge in [0.2, 0.25) is 0 Å². The second kappa shape index (κ2) is 9.41. The van der Waals surface area contributed by atoms with Crippen LogP contribution in [0.15, 0.2) is 106 Å². The summed E-state index contributed by atoms with van der Waals surface area (Å²) in [4.78, 5) is 25.3. The molecule has 0 N–H and O–H groups in total. The molecule has 31 heavy (non-hydrogen) atoms. The molecule has 0 atom stereocenters. The largest absolute Gasteiger partial charge is 0.457 e. The molecule has 0 amide bonds. The van der Waals surface area contributed by atoms with Gasteiger partial charge in [0.1, 0.15) is 11.5 Å². The van der Waals surface area contributed by atoms with Gasteiger partial charge in [-0.3, -0.25) is 9.59 Å². The van der Waals surface area contributed by atoms with Crippen molar-refractivity contribution in [3.05, 3.63) is 128 Å². The summed E-state index contributed by atoms with van der Waals surface area (Å²) >= 11 is 6.83. The molecule has 4 aromatic rings. The first-order valence-electron chi connectivity index (χ1n) is 9.49. The van der Waals surface area contributed by atoms with E-state index < -0.39 is 0 Å². The highest BCUT2D eigenvalue weighted by Gasteiger charge is 2.13. The maximum absolute atomic E-state index is 12.7. The Kier molecular flexibility index (Phi) is 6.44. The van der Waals surface area contributed by atoms with E-state index in [4.69, 9.17) is 4.74 Å². The fraction of sp³-hybridized carbons (Fsp3) is 0. The summed E-state index contributed by atoms with van der Waals surface area (Å²) in [7, 11) is 0. The molecule has 4 aromatic carbocycles. The van der Waals surface area contributed by atoms with Gasteiger partial charge in [0, 0.05) is 31.2 Å². The lowest BCUT2D eigenvalue weighted by Crippen LogP contribution is -2.02. The van der Waals surface area contributed by atoms with Crippen molar-refractivity contribution in [1.82, 2.24) is 0 Å². The quantitative estimate of drug-likeness (QED) is 0.240. The normalized spacial score (nSPS) is 10.5. The molecule has 4 rings (SSSR count). The number of carbonyl (C=O) groups is 2. The van der Waals surface area contributed by atoms with Gasteiger partial charge >= 0.3 is 0 Å². The van der Waals surface area contributed by atoms with E-state index in [1.165, 1.54) is 0 Å². The van der Waals surface area contributed by atoms with Crippen molar-refractivity contribution >= 4 is 43.4 Å². The van der Waals surface area contributed by atoms with Gasteiger partial charge < -0.3 is 4.74 Å². The van der Waals surface area contributed by atoms with Crippen LogP contribution in [0.4, 0.5) is 0 Å². The predicted molar refractivity (Wildman–Crippen MR) is 128 cm³/mol. The Labute approximate surface area is 197 Å². The van der Waals surface area contributed by atoms with Gasteiger partial charge in [-0.05, 0) is 72.8 Å². The summed E-state index contributed by atoms with van der Waals surface area (Å²) in [5, 5.41) is 0. The van der Waals surface area contributed by atoms with Crippen LogP contribution in [-0.2, 0) is 0 Å². The van der Waals surface area contributed by atoms with E-state index in [2.05, 4.69) is 31.9 Å². The van der Waals surface area contributed by atoms with Crippen LogP contribution in [0.1, 0.15) is 31.8 Å². The van der Waals surface area contributed by atoms with E-state index >= 15 is 0 Å². The van der Waals surface area contributed by atoms with Gasteiger partial charge in [0.05, 0.1) is 0 Å². The summed E-state index contributed by atoms with van der Waals surface area (Å²) in [5.41, 5.74) is 2.38. The summed E-state index contributed by atoms with van der Waals surface area (Å²) in [6.45, 7) is 0. The average molecular weight is 536 g/mol. The van der Waals surface area contributed by atoms with Crippen molar-refractivity contribution in [1.29, 1.82) is 0 Å². The standard InChI is InChI=1S/C26H16Br2O3/c27-23-7-3-1-5-21(23)25(29)17-9-13-19(14-10-17)31-20-15-11-18(12-16-20)26(30)22-6-2-4-8-24(22)28/h1-16H. The fourth-order valence-corrected chi connectivity index (χ4v) is 4.02. The van der Waals surface area contributed by atoms with E-state index in [0.29, 0.717) is 33.8 Å². The van der Waals surface area contributed by atoms with Gasteiger partial charge in [-0.15, -0.1) is 0 Å². The van der Waals surface area contributed by atoms with Crippen LogP contribution in [0.3, 0.4) is 0 Å². The van der Waals surface area contributed by atoms with Crippen molar-refractivity contribution in [2.45, 2.75) is 0 Å². The summed E-state index contributed by atoms with van der Waals surface area (Å²) in [6, 6.07) is 28.6. The van der Waals surface area contributed by atoms with Crippen LogP contribution in [0.5, 0.6) is 11.5 Å². The Hall–Kier alpha value is -3.02. The van der Waals surface area contributed by atoms with Crippen molar-refractivity contribution in [3.63, 3.8) is 0 Å². The lowest BCUT2D eigenvalue weighted by molar-refractivity contribution is 0.103. The number of ketones is 2. The highest BCUT2D eigenvalue weighted by molar-refractivity contribution is 9.10.